The van der Waals surface area contributed by atoms with Crippen molar-refractivity contribution in [1.82, 2.24) is 9.97 Å². The van der Waals surface area contributed by atoms with Crippen molar-refractivity contribution in [2.75, 3.05) is 24.6 Å². The number of carbonyl (C=O) groups excluding carboxylic acids is 1. The molecule has 1 aliphatic rings. The standard InChI is InChI=1S/C24H28ClN3O2S/c1-5-30-23(29)18-7-6-12-28(13-18)21-20-19(15(4)31-22(20)27-24(25)26-21)17-10-8-16(9-11-17)14(2)3/h8-11,14,18H,5-7,12-13H2,1-4H3. The number of thiophene rings is 1. The van der Waals surface area contributed by atoms with E-state index < -0.39 is 0 Å². The molecule has 1 aliphatic heterocycles. The zero-order valence-corrected chi connectivity index (χ0v) is 20.0. The van der Waals surface area contributed by atoms with E-state index in [1.807, 2.05) is 6.92 Å². The molecular formula is C24H28ClN3O2S. The third-order valence-corrected chi connectivity index (χ3v) is 7.06. The molecule has 0 amide bonds. The first-order valence-corrected chi connectivity index (χ1v) is 12.1. The van der Waals surface area contributed by atoms with Crippen LogP contribution in [0.25, 0.3) is 21.3 Å². The minimum Gasteiger partial charge on any atom is -0.466 e. The lowest BCUT2D eigenvalue weighted by molar-refractivity contribution is -0.148. The highest BCUT2D eigenvalue weighted by Crippen LogP contribution is 2.43. The van der Waals surface area contributed by atoms with Crippen LogP contribution in [-0.4, -0.2) is 35.6 Å². The number of ether oxygens (including phenoxy) is 1. The Kier molecular flexibility index (Phi) is 6.49. The predicted octanol–water partition coefficient (Wildman–Crippen LogP) is 6.22. The number of nitrogens with zero attached hydrogens (tertiary/aromatic N) is 3. The second kappa shape index (κ2) is 9.13. The van der Waals surface area contributed by atoms with E-state index in [0.29, 0.717) is 19.1 Å². The average molecular weight is 458 g/mol. The SMILES string of the molecule is CCOC(=O)C1CCCN(c2nc(Cl)nc3sc(C)c(-c4ccc(C(C)C)cc4)c23)C1. The van der Waals surface area contributed by atoms with Crippen molar-refractivity contribution in [3.63, 3.8) is 0 Å². The molecule has 1 atom stereocenters. The Bertz CT molecular complexity index is 1090. The smallest absolute Gasteiger partial charge is 0.310 e. The lowest BCUT2D eigenvalue weighted by Gasteiger charge is -2.33. The third kappa shape index (κ3) is 4.41. The normalized spacial score (nSPS) is 16.8. The van der Waals surface area contributed by atoms with Crippen LogP contribution in [0, 0.1) is 12.8 Å². The highest BCUT2D eigenvalue weighted by molar-refractivity contribution is 7.19. The Balaban J connectivity index is 1.80. The van der Waals surface area contributed by atoms with Crippen LogP contribution in [0.1, 0.15) is 50.0 Å². The maximum Gasteiger partial charge on any atom is 0.310 e. The molecule has 4 rings (SSSR count). The second-order valence-electron chi connectivity index (χ2n) is 8.34. The molecule has 0 aliphatic carbocycles. The van der Waals surface area contributed by atoms with Crippen molar-refractivity contribution in [1.29, 1.82) is 0 Å². The van der Waals surface area contributed by atoms with Gasteiger partial charge in [0.05, 0.1) is 17.9 Å². The summed E-state index contributed by atoms with van der Waals surface area (Å²) >= 11 is 7.96. The summed E-state index contributed by atoms with van der Waals surface area (Å²) in [4.78, 5) is 25.8. The lowest BCUT2D eigenvalue weighted by Crippen LogP contribution is -2.40. The van der Waals surface area contributed by atoms with E-state index in [-0.39, 0.29) is 17.2 Å². The van der Waals surface area contributed by atoms with Gasteiger partial charge in [0.2, 0.25) is 5.28 Å². The summed E-state index contributed by atoms with van der Waals surface area (Å²) < 4.78 is 5.28. The summed E-state index contributed by atoms with van der Waals surface area (Å²) in [7, 11) is 0. The molecule has 0 N–H and O–H groups in total. The fraction of sp³-hybridized carbons (Fsp3) is 0.458. The maximum atomic E-state index is 12.4. The van der Waals surface area contributed by atoms with E-state index >= 15 is 0 Å². The van der Waals surface area contributed by atoms with Crippen LogP contribution in [0.2, 0.25) is 5.28 Å². The minimum atomic E-state index is -0.147. The minimum absolute atomic E-state index is 0.130. The summed E-state index contributed by atoms with van der Waals surface area (Å²) in [6.07, 6.45) is 1.75. The van der Waals surface area contributed by atoms with E-state index in [2.05, 4.69) is 59.9 Å². The summed E-state index contributed by atoms with van der Waals surface area (Å²) in [6, 6.07) is 8.74. The number of fused-ring (bicyclic) bond motifs is 1. The van der Waals surface area contributed by atoms with Gasteiger partial charge in [-0.15, -0.1) is 11.3 Å². The molecule has 5 nitrogen and oxygen atoms in total. The van der Waals surface area contributed by atoms with Crippen molar-refractivity contribution < 1.29 is 9.53 Å². The fourth-order valence-corrected chi connectivity index (χ4v) is 5.56. The van der Waals surface area contributed by atoms with Gasteiger partial charge in [-0.1, -0.05) is 38.1 Å². The van der Waals surface area contributed by atoms with Gasteiger partial charge < -0.3 is 9.64 Å². The van der Waals surface area contributed by atoms with Gasteiger partial charge in [-0.3, -0.25) is 4.79 Å². The Morgan fingerprint density at radius 2 is 2.03 bits per heavy atom. The number of hydrogen-bond acceptors (Lipinski definition) is 6. The quantitative estimate of drug-likeness (QED) is 0.336. The Morgan fingerprint density at radius 3 is 2.71 bits per heavy atom. The van der Waals surface area contributed by atoms with Crippen molar-refractivity contribution in [2.24, 2.45) is 5.92 Å². The predicted molar refractivity (Wildman–Crippen MR) is 128 cm³/mol. The van der Waals surface area contributed by atoms with Crippen LogP contribution in [0.5, 0.6) is 0 Å². The van der Waals surface area contributed by atoms with E-state index in [1.54, 1.807) is 11.3 Å². The molecule has 0 radical (unpaired) electrons. The van der Waals surface area contributed by atoms with Gasteiger partial charge in [-0.05, 0) is 55.3 Å². The van der Waals surface area contributed by atoms with Gasteiger partial charge in [-0.25, -0.2) is 4.98 Å². The Hall–Kier alpha value is -2.18. The van der Waals surface area contributed by atoms with Crippen LogP contribution in [0.3, 0.4) is 0 Å². The summed E-state index contributed by atoms with van der Waals surface area (Å²) in [5.74, 6) is 1.03. The van der Waals surface area contributed by atoms with E-state index in [4.69, 9.17) is 16.3 Å². The number of halogens is 1. The lowest BCUT2D eigenvalue weighted by atomic mass is 9.96. The van der Waals surface area contributed by atoms with E-state index in [0.717, 1.165) is 46.5 Å². The first kappa shape index (κ1) is 22.0. The van der Waals surface area contributed by atoms with Gasteiger partial charge in [0.1, 0.15) is 10.6 Å². The molecule has 3 aromatic rings. The number of esters is 1. The molecule has 2 aromatic heterocycles. The average Bonchev–Trinajstić information content (AvgIpc) is 3.08. The highest BCUT2D eigenvalue weighted by atomic mass is 35.5. The molecule has 7 heteroatoms. The number of aryl methyl sites for hydroxylation is 1. The van der Waals surface area contributed by atoms with E-state index in [1.165, 1.54) is 10.4 Å². The zero-order valence-electron chi connectivity index (χ0n) is 18.4. The van der Waals surface area contributed by atoms with Crippen LogP contribution >= 0.6 is 22.9 Å². The monoisotopic (exact) mass is 457 g/mol. The number of benzene rings is 1. The molecule has 164 valence electrons. The summed E-state index contributed by atoms with van der Waals surface area (Å²) in [5.41, 5.74) is 3.62. The van der Waals surface area contributed by atoms with Crippen molar-refractivity contribution >= 4 is 44.9 Å². The Morgan fingerprint density at radius 1 is 1.29 bits per heavy atom. The van der Waals surface area contributed by atoms with Crippen molar-refractivity contribution in [2.45, 2.75) is 46.5 Å². The highest BCUT2D eigenvalue weighted by Gasteiger charge is 2.30. The number of aromatic nitrogens is 2. The number of rotatable bonds is 5. The number of piperidine rings is 1. The topological polar surface area (TPSA) is 55.3 Å². The van der Waals surface area contributed by atoms with E-state index in [9.17, 15) is 4.79 Å². The molecule has 1 aromatic carbocycles. The van der Waals surface area contributed by atoms with Crippen molar-refractivity contribution in [3.05, 3.63) is 40.0 Å². The van der Waals surface area contributed by atoms with Gasteiger partial charge in [0, 0.05) is 23.5 Å². The fourth-order valence-electron chi connectivity index (χ4n) is 4.30. The maximum absolute atomic E-state index is 12.4. The van der Waals surface area contributed by atoms with Gasteiger partial charge in [0.25, 0.3) is 0 Å². The van der Waals surface area contributed by atoms with Gasteiger partial charge in [0.15, 0.2) is 0 Å². The second-order valence-corrected chi connectivity index (χ2v) is 9.88. The largest absolute Gasteiger partial charge is 0.466 e. The van der Waals surface area contributed by atoms with Crippen molar-refractivity contribution in [3.8, 4) is 11.1 Å². The molecule has 31 heavy (non-hydrogen) atoms. The molecule has 1 fully saturated rings. The van der Waals surface area contributed by atoms with Crippen LogP contribution < -0.4 is 4.90 Å². The molecule has 0 bridgehead atoms. The first-order valence-electron chi connectivity index (χ1n) is 10.9. The molecule has 1 saturated heterocycles. The number of hydrogen-bond donors (Lipinski definition) is 0. The molecule has 0 saturated carbocycles. The van der Waals surface area contributed by atoms with Gasteiger partial charge in [-0.2, -0.15) is 4.98 Å². The first-order chi connectivity index (χ1) is 14.9. The van der Waals surface area contributed by atoms with Crippen LogP contribution in [-0.2, 0) is 9.53 Å². The zero-order chi connectivity index (χ0) is 22.1. The summed E-state index contributed by atoms with van der Waals surface area (Å²) in [5, 5.41) is 1.26. The number of anilines is 1. The molecule has 0 spiro atoms. The molecular weight excluding hydrogens is 430 g/mol. The third-order valence-electron chi connectivity index (χ3n) is 5.89. The number of carbonyl (C=O) groups is 1. The van der Waals surface area contributed by atoms with Crippen LogP contribution in [0.15, 0.2) is 24.3 Å². The Labute approximate surface area is 192 Å². The summed E-state index contributed by atoms with van der Waals surface area (Å²) in [6.45, 7) is 10.2. The molecule has 3 heterocycles. The van der Waals surface area contributed by atoms with Crippen LogP contribution in [0.4, 0.5) is 5.82 Å². The molecule has 1 unspecified atom stereocenters. The van der Waals surface area contributed by atoms with Gasteiger partial charge >= 0.3 is 5.97 Å².